The van der Waals surface area contributed by atoms with Crippen molar-refractivity contribution in [2.45, 2.75) is 25.7 Å². The van der Waals surface area contributed by atoms with Crippen molar-refractivity contribution >= 4 is 39.0 Å². The van der Waals surface area contributed by atoms with Crippen molar-refractivity contribution in [1.82, 2.24) is 9.97 Å². The number of hydrogen-bond donors (Lipinski definition) is 3. The Morgan fingerprint density at radius 2 is 2.04 bits per heavy atom. The number of carboxylic acids is 1. The molecule has 0 saturated heterocycles. The lowest BCUT2D eigenvalue weighted by molar-refractivity contribution is 0.0694. The van der Waals surface area contributed by atoms with Crippen LogP contribution in [0.1, 0.15) is 33.6 Å². The van der Waals surface area contributed by atoms with Crippen LogP contribution in [0.3, 0.4) is 0 Å². The average molecular weight is 341 g/mol. The normalized spacial score (nSPS) is 13.7. The van der Waals surface area contributed by atoms with Crippen LogP contribution in [0.15, 0.2) is 24.5 Å². The van der Waals surface area contributed by atoms with Crippen LogP contribution in [0.5, 0.6) is 5.75 Å². The second-order valence-corrected chi connectivity index (χ2v) is 6.86. The van der Waals surface area contributed by atoms with E-state index in [2.05, 4.69) is 15.3 Å². The van der Waals surface area contributed by atoms with Crippen molar-refractivity contribution in [2.24, 2.45) is 0 Å². The number of nitrogens with one attached hydrogen (secondary N) is 1. The Morgan fingerprint density at radius 1 is 1.21 bits per heavy atom. The zero-order valence-electron chi connectivity index (χ0n) is 12.7. The summed E-state index contributed by atoms with van der Waals surface area (Å²) in [5, 5.41) is 23.1. The topological polar surface area (TPSA) is 95.3 Å². The Balaban J connectivity index is 1.76. The van der Waals surface area contributed by atoms with E-state index >= 15 is 0 Å². The van der Waals surface area contributed by atoms with Gasteiger partial charge in [-0.3, -0.25) is 0 Å². The van der Waals surface area contributed by atoms with E-state index in [-0.39, 0.29) is 11.3 Å². The molecule has 122 valence electrons. The van der Waals surface area contributed by atoms with Crippen molar-refractivity contribution in [1.29, 1.82) is 0 Å². The van der Waals surface area contributed by atoms with Gasteiger partial charge in [0.05, 0.1) is 5.39 Å². The lowest BCUT2D eigenvalue weighted by Gasteiger charge is -2.12. The lowest BCUT2D eigenvalue weighted by Crippen LogP contribution is -2.01. The zero-order valence-corrected chi connectivity index (χ0v) is 13.6. The van der Waals surface area contributed by atoms with E-state index in [1.165, 1.54) is 41.7 Å². The van der Waals surface area contributed by atoms with Crippen LogP contribution in [0.25, 0.3) is 10.2 Å². The first-order valence-corrected chi connectivity index (χ1v) is 8.53. The molecular weight excluding hydrogens is 326 g/mol. The number of anilines is 2. The first-order valence-electron chi connectivity index (χ1n) is 7.72. The van der Waals surface area contributed by atoms with E-state index in [0.29, 0.717) is 11.5 Å². The monoisotopic (exact) mass is 341 g/mol. The fourth-order valence-electron chi connectivity index (χ4n) is 3.11. The quantitative estimate of drug-likeness (QED) is 0.672. The highest BCUT2D eigenvalue weighted by Crippen LogP contribution is 2.39. The maximum Gasteiger partial charge on any atom is 0.339 e. The summed E-state index contributed by atoms with van der Waals surface area (Å²) in [5.74, 6) is -0.734. The lowest BCUT2D eigenvalue weighted by atomic mass is 9.97. The maximum atomic E-state index is 11.0. The van der Waals surface area contributed by atoms with Crippen molar-refractivity contribution in [2.75, 3.05) is 5.32 Å². The average Bonchev–Trinajstić information content (AvgIpc) is 2.94. The number of phenols is 1. The molecule has 24 heavy (non-hydrogen) atoms. The third-order valence-corrected chi connectivity index (χ3v) is 5.44. The van der Waals surface area contributed by atoms with E-state index in [4.69, 9.17) is 5.11 Å². The van der Waals surface area contributed by atoms with Gasteiger partial charge >= 0.3 is 5.97 Å². The summed E-state index contributed by atoms with van der Waals surface area (Å²) in [6.45, 7) is 0. The van der Waals surface area contributed by atoms with Crippen molar-refractivity contribution < 1.29 is 15.0 Å². The fourth-order valence-corrected chi connectivity index (χ4v) is 4.34. The predicted octanol–water partition coefficient (Wildman–Crippen LogP) is 3.72. The highest BCUT2D eigenvalue weighted by Gasteiger charge is 2.20. The second kappa shape index (κ2) is 5.76. The minimum atomic E-state index is -1.16. The minimum absolute atomic E-state index is 0.124. The van der Waals surface area contributed by atoms with E-state index in [1.54, 1.807) is 17.4 Å². The summed E-state index contributed by atoms with van der Waals surface area (Å²) in [6.07, 6.45) is 6.02. The number of aromatic nitrogens is 2. The molecule has 3 aromatic rings. The molecule has 0 spiro atoms. The minimum Gasteiger partial charge on any atom is -0.507 e. The number of aromatic carboxylic acids is 1. The summed E-state index contributed by atoms with van der Waals surface area (Å²) < 4.78 is 0. The largest absolute Gasteiger partial charge is 0.507 e. The van der Waals surface area contributed by atoms with Gasteiger partial charge in [-0.25, -0.2) is 14.8 Å². The van der Waals surface area contributed by atoms with Crippen LogP contribution in [0, 0.1) is 0 Å². The molecule has 0 aliphatic heterocycles. The number of aromatic hydroxyl groups is 1. The number of nitrogens with zero attached hydrogens (tertiary/aromatic N) is 2. The molecule has 0 radical (unpaired) electrons. The molecule has 0 atom stereocenters. The number of fused-ring (bicyclic) bond motifs is 3. The van der Waals surface area contributed by atoms with Gasteiger partial charge in [0.25, 0.3) is 0 Å². The summed E-state index contributed by atoms with van der Waals surface area (Å²) in [5.41, 5.74) is 1.78. The third-order valence-electron chi connectivity index (χ3n) is 4.24. The predicted molar refractivity (Wildman–Crippen MR) is 92.4 cm³/mol. The number of thiophene rings is 1. The smallest absolute Gasteiger partial charge is 0.339 e. The molecule has 1 aliphatic rings. The molecule has 2 heterocycles. The molecule has 6 nitrogen and oxygen atoms in total. The Hall–Kier alpha value is -2.67. The highest BCUT2D eigenvalue weighted by atomic mass is 32.1. The number of carbonyl (C=O) groups is 1. The molecule has 7 heteroatoms. The van der Waals surface area contributed by atoms with E-state index in [0.717, 1.165) is 23.1 Å². The summed E-state index contributed by atoms with van der Waals surface area (Å²) in [7, 11) is 0. The van der Waals surface area contributed by atoms with Gasteiger partial charge < -0.3 is 15.5 Å². The molecule has 0 bridgehead atoms. The van der Waals surface area contributed by atoms with Gasteiger partial charge in [0.1, 0.15) is 28.3 Å². The van der Waals surface area contributed by atoms with Gasteiger partial charge in [0.15, 0.2) is 0 Å². The molecular formula is C17H15N3O3S. The van der Waals surface area contributed by atoms with E-state index in [1.807, 2.05) is 0 Å². The number of hydrogen-bond acceptors (Lipinski definition) is 6. The second-order valence-electron chi connectivity index (χ2n) is 5.78. The van der Waals surface area contributed by atoms with Crippen molar-refractivity contribution in [3.8, 4) is 5.75 Å². The first-order chi connectivity index (χ1) is 11.6. The molecule has 1 aliphatic carbocycles. The number of aryl methyl sites for hydroxylation is 2. The van der Waals surface area contributed by atoms with Gasteiger partial charge in [-0.2, -0.15) is 0 Å². The SMILES string of the molecule is O=C(O)c1ccc(Nc2ncnc3sc4c(c23)CCCC4)cc1O. The zero-order chi connectivity index (χ0) is 16.7. The van der Waals surface area contributed by atoms with Gasteiger partial charge in [-0.05, 0) is 43.4 Å². The molecule has 4 rings (SSSR count). The molecule has 0 unspecified atom stereocenters. The highest BCUT2D eigenvalue weighted by molar-refractivity contribution is 7.19. The van der Waals surface area contributed by atoms with Gasteiger partial charge in [0, 0.05) is 16.6 Å². The van der Waals surface area contributed by atoms with Crippen molar-refractivity contribution in [3.05, 3.63) is 40.5 Å². The first kappa shape index (κ1) is 14.9. The molecule has 1 aromatic carbocycles. The molecule has 2 aromatic heterocycles. The summed E-state index contributed by atoms with van der Waals surface area (Å²) in [4.78, 5) is 22.1. The molecule has 0 amide bonds. The van der Waals surface area contributed by atoms with Crippen LogP contribution < -0.4 is 5.32 Å². The van der Waals surface area contributed by atoms with E-state index in [9.17, 15) is 9.90 Å². The van der Waals surface area contributed by atoms with Crippen LogP contribution in [-0.2, 0) is 12.8 Å². The Morgan fingerprint density at radius 3 is 2.83 bits per heavy atom. The summed E-state index contributed by atoms with van der Waals surface area (Å²) >= 11 is 1.72. The number of rotatable bonds is 3. The van der Waals surface area contributed by atoms with Crippen LogP contribution in [0.4, 0.5) is 11.5 Å². The third kappa shape index (κ3) is 2.46. The van der Waals surface area contributed by atoms with Crippen molar-refractivity contribution in [3.63, 3.8) is 0 Å². The Kier molecular flexibility index (Phi) is 3.57. The van der Waals surface area contributed by atoms with Crippen LogP contribution in [-0.4, -0.2) is 26.2 Å². The standard InChI is InChI=1S/C17H15N3O3S/c21-12-7-9(5-6-10(12)17(22)23)20-15-14-11-3-1-2-4-13(11)24-16(14)19-8-18-15/h5-8,21H,1-4H2,(H,22,23)(H,18,19,20). The number of benzene rings is 1. The fraction of sp³-hybridized carbons (Fsp3) is 0.235. The Labute approximate surface area is 141 Å². The number of carboxylic acid groups (broad SMARTS) is 1. The molecule has 0 fully saturated rings. The molecule has 0 saturated carbocycles. The van der Waals surface area contributed by atoms with Gasteiger partial charge in [-0.1, -0.05) is 0 Å². The van der Waals surface area contributed by atoms with Crippen LogP contribution in [0.2, 0.25) is 0 Å². The van der Waals surface area contributed by atoms with Gasteiger partial charge in [-0.15, -0.1) is 11.3 Å². The van der Waals surface area contributed by atoms with Crippen LogP contribution >= 0.6 is 11.3 Å². The Bertz CT molecular complexity index is 952. The van der Waals surface area contributed by atoms with E-state index < -0.39 is 5.97 Å². The summed E-state index contributed by atoms with van der Waals surface area (Å²) in [6, 6.07) is 4.40. The van der Waals surface area contributed by atoms with Gasteiger partial charge in [0.2, 0.25) is 0 Å². The molecule has 3 N–H and O–H groups in total. The maximum absolute atomic E-state index is 11.0.